The van der Waals surface area contributed by atoms with Gasteiger partial charge in [0.15, 0.2) is 11.6 Å². The highest BCUT2D eigenvalue weighted by atomic mass is 32.1. The molecule has 164 valence electrons. The molecule has 0 aromatic carbocycles. The zero-order chi connectivity index (χ0) is 21.7. The summed E-state index contributed by atoms with van der Waals surface area (Å²) in [6, 6.07) is 3.84. The van der Waals surface area contributed by atoms with Crippen molar-refractivity contribution in [3.63, 3.8) is 0 Å². The van der Waals surface area contributed by atoms with Gasteiger partial charge in [-0.3, -0.25) is 4.98 Å². The summed E-state index contributed by atoms with van der Waals surface area (Å²) in [5, 5.41) is 5.21. The number of thiophene rings is 1. The lowest BCUT2D eigenvalue weighted by Gasteiger charge is -2.25. The third kappa shape index (κ3) is 3.27. The van der Waals surface area contributed by atoms with Crippen LogP contribution >= 0.6 is 11.3 Å². The van der Waals surface area contributed by atoms with Gasteiger partial charge in [0, 0.05) is 42.9 Å². The molecule has 1 aliphatic heterocycles. The number of nitrogens with zero attached hydrogens (tertiary/aromatic N) is 6. The lowest BCUT2D eigenvalue weighted by molar-refractivity contribution is 0.117. The molecule has 1 saturated heterocycles. The molecule has 0 N–H and O–H groups in total. The normalized spacial score (nSPS) is 20.8. The molecule has 4 aromatic rings. The molecule has 2 aliphatic rings. The molecule has 2 unspecified atom stereocenters. The van der Waals surface area contributed by atoms with Gasteiger partial charge in [-0.2, -0.15) is 4.98 Å². The maximum Gasteiger partial charge on any atom is 0.249 e. The van der Waals surface area contributed by atoms with E-state index in [1.165, 1.54) is 28.7 Å². The van der Waals surface area contributed by atoms with Crippen LogP contribution in [-0.2, 0) is 17.6 Å². The Labute approximate surface area is 189 Å². The van der Waals surface area contributed by atoms with E-state index < -0.39 is 0 Å². The number of fused-ring (bicyclic) bond motifs is 3. The molecule has 2 atom stereocenters. The van der Waals surface area contributed by atoms with Gasteiger partial charge in [0.05, 0.1) is 11.5 Å². The van der Waals surface area contributed by atoms with Crippen LogP contribution in [0.2, 0.25) is 0 Å². The van der Waals surface area contributed by atoms with Gasteiger partial charge < -0.3 is 14.2 Å². The lowest BCUT2D eigenvalue weighted by Crippen LogP contribution is -2.26. The number of pyridine rings is 1. The number of methoxy groups -OCH3 is 1. The Kier molecular flexibility index (Phi) is 4.87. The third-order valence-corrected chi connectivity index (χ3v) is 7.60. The average molecular weight is 449 g/mol. The highest BCUT2D eigenvalue weighted by Gasteiger charge is 2.39. The first kappa shape index (κ1) is 19.8. The molecule has 4 aromatic heterocycles. The zero-order valence-corrected chi connectivity index (χ0v) is 18.9. The molecular weight excluding hydrogens is 424 g/mol. The van der Waals surface area contributed by atoms with Gasteiger partial charge in [-0.05, 0) is 50.3 Å². The van der Waals surface area contributed by atoms with Gasteiger partial charge in [-0.25, -0.2) is 9.97 Å². The number of aromatic nitrogens is 5. The van der Waals surface area contributed by atoms with Crippen LogP contribution in [0.1, 0.15) is 47.5 Å². The Morgan fingerprint density at radius 1 is 1.19 bits per heavy atom. The summed E-state index contributed by atoms with van der Waals surface area (Å²) in [4.78, 5) is 23.7. The summed E-state index contributed by atoms with van der Waals surface area (Å²) >= 11 is 1.81. The molecule has 0 amide bonds. The number of aryl methyl sites for hydroxylation is 3. The van der Waals surface area contributed by atoms with E-state index in [9.17, 15) is 0 Å². The van der Waals surface area contributed by atoms with E-state index in [4.69, 9.17) is 19.2 Å². The molecule has 1 fully saturated rings. The van der Waals surface area contributed by atoms with Gasteiger partial charge >= 0.3 is 0 Å². The SMILES string of the molecule is COC1CC(c2nc(C)no2)N(c2nc(-c3cccnc3)nc3sc4c(c23)CCCC4)C1. The van der Waals surface area contributed by atoms with Crippen molar-refractivity contribution in [1.29, 1.82) is 0 Å². The maximum atomic E-state index is 5.76. The van der Waals surface area contributed by atoms with Crippen molar-refractivity contribution < 1.29 is 9.26 Å². The van der Waals surface area contributed by atoms with Gasteiger partial charge in [0.2, 0.25) is 5.89 Å². The quantitative estimate of drug-likeness (QED) is 0.457. The molecule has 0 bridgehead atoms. The van der Waals surface area contributed by atoms with Crippen LogP contribution in [0.15, 0.2) is 29.0 Å². The first-order valence-corrected chi connectivity index (χ1v) is 11.8. The van der Waals surface area contributed by atoms with E-state index in [1.54, 1.807) is 13.3 Å². The van der Waals surface area contributed by atoms with Crippen LogP contribution in [0.5, 0.6) is 0 Å². The molecule has 0 saturated carbocycles. The van der Waals surface area contributed by atoms with Crippen LogP contribution < -0.4 is 4.90 Å². The average Bonchev–Trinajstić information content (AvgIpc) is 3.55. The summed E-state index contributed by atoms with van der Waals surface area (Å²) in [6.45, 7) is 2.56. The second-order valence-electron chi connectivity index (χ2n) is 8.44. The minimum atomic E-state index is -0.0832. The van der Waals surface area contributed by atoms with E-state index in [0.717, 1.165) is 35.5 Å². The van der Waals surface area contributed by atoms with E-state index in [2.05, 4.69) is 20.0 Å². The summed E-state index contributed by atoms with van der Waals surface area (Å²) in [6.07, 6.45) is 9.05. The van der Waals surface area contributed by atoms with Crippen molar-refractivity contribution in [1.82, 2.24) is 25.1 Å². The predicted molar refractivity (Wildman–Crippen MR) is 122 cm³/mol. The molecular formula is C23H24N6O2S. The van der Waals surface area contributed by atoms with Crippen molar-refractivity contribution in [2.45, 2.75) is 51.2 Å². The summed E-state index contributed by atoms with van der Waals surface area (Å²) in [5.74, 6) is 2.88. The Hall–Kier alpha value is -2.91. The molecule has 32 heavy (non-hydrogen) atoms. The summed E-state index contributed by atoms with van der Waals surface area (Å²) in [5.41, 5.74) is 2.32. The first-order chi connectivity index (χ1) is 15.7. The van der Waals surface area contributed by atoms with Crippen molar-refractivity contribution in [2.75, 3.05) is 18.6 Å². The first-order valence-electron chi connectivity index (χ1n) is 11.0. The zero-order valence-electron chi connectivity index (χ0n) is 18.1. The number of ether oxygens (including phenoxy) is 1. The topological polar surface area (TPSA) is 90.1 Å². The molecule has 8 nitrogen and oxygen atoms in total. The van der Waals surface area contributed by atoms with E-state index >= 15 is 0 Å². The van der Waals surface area contributed by atoms with E-state index in [1.807, 2.05) is 36.6 Å². The third-order valence-electron chi connectivity index (χ3n) is 6.41. The van der Waals surface area contributed by atoms with Crippen molar-refractivity contribution in [2.24, 2.45) is 0 Å². The van der Waals surface area contributed by atoms with Gasteiger partial charge in [0.25, 0.3) is 0 Å². The number of hydrogen-bond donors (Lipinski definition) is 0. The van der Waals surface area contributed by atoms with Crippen molar-refractivity contribution in [3.8, 4) is 11.4 Å². The van der Waals surface area contributed by atoms with Crippen molar-refractivity contribution >= 4 is 27.4 Å². The minimum Gasteiger partial charge on any atom is -0.380 e. The van der Waals surface area contributed by atoms with Crippen LogP contribution in [0.25, 0.3) is 21.6 Å². The Morgan fingerprint density at radius 2 is 2.09 bits per heavy atom. The fraction of sp³-hybridized carbons (Fsp3) is 0.435. The standard InChI is InChI=1S/C23H24N6O2S/c1-13-25-22(31-28-13)17-10-15(30-2)12-29(17)21-19-16-7-3-4-8-18(16)32-23(19)27-20(26-21)14-6-5-9-24-11-14/h5-6,9,11,15,17H,3-4,7-8,10,12H2,1-2H3. The van der Waals surface area contributed by atoms with E-state index in [-0.39, 0.29) is 12.1 Å². The summed E-state index contributed by atoms with van der Waals surface area (Å²) < 4.78 is 11.4. The second-order valence-corrected chi connectivity index (χ2v) is 9.53. The fourth-order valence-corrected chi connectivity index (χ4v) is 6.11. The van der Waals surface area contributed by atoms with E-state index in [0.29, 0.717) is 24.1 Å². The Morgan fingerprint density at radius 3 is 2.88 bits per heavy atom. The molecule has 1 aliphatic carbocycles. The molecule has 6 rings (SSSR count). The van der Waals surface area contributed by atoms with Crippen LogP contribution in [0.4, 0.5) is 5.82 Å². The van der Waals surface area contributed by atoms with Gasteiger partial charge in [0.1, 0.15) is 16.7 Å². The van der Waals surface area contributed by atoms with Gasteiger partial charge in [-0.15, -0.1) is 11.3 Å². The van der Waals surface area contributed by atoms with Crippen molar-refractivity contribution in [3.05, 3.63) is 46.7 Å². The lowest BCUT2D eigenvalue weighted by atomic mass is 9.96. The predicted octanol–water partition coefficient (Wildman–Crippen LogP) is 4.29. The van der Waals surface area contributed by atoms with Gasteiger partial charge in [-0.1, -0.05) is 5.16 Å². The van der Waals surface area contributed by atoms with Crippen LogP contribution in [0.3, 0.4) is 0 Å². The Balaban J connectivity index is 1.56. The Bertz CT molecular complexity index is 1270. The largest absolute Gasteiger partial charge is 0.380 e. The molecule has 9 heteroatoms. The monoisotopic (exact) mass is 448 g/mol. The minimum absolute atomic E-state index is 0.0634. The fourth-order valence-electron chi connectivity index (χ4n) is 4.86. The highest BCUT2D eigenvalue weighted by Crippen LogP contribution is 2.45. The second kappa shape index (κ2) is 7.90. The summed E-state index contributed by atoms with van der Waals surface area (Å²) in [7, 11) is 1.76. The number of hydrogen-bond acceptors (Lipinski definition) is 9. The maximum absolute atomic E-state index is 5.76. The number of anilines is 1. The highest BCUT2D eigenvalue weighted by molar-refractivity contribution is 7.19. The molecule has 5 heterocycles. The number of rotatable bonds is 4. The molecule has 0 spiro atoms. The van der Waals surface area contributed by atoms with Crippen LogP contribution in [0, 0.1) is 6.92 Å². The smallest absolute Gasteiger partial charge is 0.249 e. The molecule has 0 radical (unpaired) electrons. The van der Waals surface area contributed by atoms with Crippen LogP contribution in [-0.4, -0.2) is 44.9 Å².